The number of carbonyl (C=O) groups is 1. The van der Waals surface area contributed by atoms with Crippen molar-refractivity contribution >= 4 is 28.3 Å². The van der Waals surface area contributed by atoms with Gasteiger partial charge < -0.3 is 10.4 Å². The number of aromatic nitrogens is 3. The molecule has 0 spiro atoms. The van der Waals surface area contributed by atoms with Crippen LogP contribution in [-0.2, 0) is 13.6 Å². The Morgan fingerprint density at radius 2 is 2.09 bits per heavy atom. The van der Waals surface area contributed by atoms with Crippen molar-refractivity contribution in [1.29, 1.82) is 0 Å². The summed E-state index contributed by atoms with van der Waals surface area (Å²) in [5.41, 5.74) is 0.130. The SMILES string of the molecule is Cn1ncnc1CNC(=O)c1cc(Cl)c2ccccc2c1O. The van der Waals surface area contributed by atoms with Gasteiger partial charge in [0.1, 0.15) is 17.9 Å². The number of benzene rings is 2. The average Bonchev–Trinajstić information content (AvgIpc) is 2.94. The number of aryl methyl sites for hydroxylation is 1. The first kappa shape index (κ1) is 14.3. The number of aromatic hydroxyl groups is 1. The van der Waals surface area contributed by atoms with Crippen LogP contribution in [0.2, 0.25) is 5.02 Å². The first-order valence-electron chi connectivity index (χ1n) is 6.59. The first-order chi connectivity index (χ1) is 10.6. The smallest absolute Gasteiger partial charge is 0.255 e. The summed E-state index contributed by atoms with van der Waals surface area (Å²) in [4.78, 5) is 16.3. The number of carbonyl (C=O) groups excluding carboxylic acids is 1. The van der Waals surface area contributed by atoms with E-state index in [1.54, 1.807) is 29.9 Å². The average molecular weight is 317 g/mol. The Bertz CT molecular complexity index is 860. The molecule has 0 unspecified atom stereocenters. The highest BCUT2D eigenvalue weighted by Crippen LogP contribution is 2.34. The molecule has 1 aromatic heterocycles. The number of halogens is 1. The lowest BCUT2D eigenvalue weighted by molar-refractivity contribution is 0.0947. The van der Waals surface area contributed by atoms with Gasteiger partial charge in [-0.1, -0.05) is 35.9 Å². The first-order valence-corrected chi connectivity index (χ1v) is 6.97. The molecule has 1 heterocycles. The standard InChI is InChI=1S/C15H13ClN4O2/c1-20-13(18-8-19-20)7-17-15(22)11-6-12(16)9-4-2-3-5-10(9)14(11)21/h2-6,8,21H,7H2,1H3,(H,17,22). The number of rotatable bonds is 3. The van der Waals surface area contributed by atoms with E-state index in [0.29, 0.717) is 21.6 Å². The van der Waals surface area contributed by atoms with Crippen LogP contribution >= 0.6 is 11.6 Å². The molecule has 0 aliphatic rings. The topological polar surface area (TPSA) is 80.0 Å². The molecular formula is C15H13ClN4O2. The Balaban J connectivity index is 1.91. The number of phenolic OH excluding ortho intramolecular Hbond substituents is 1. The molecule has 0 aliphatic carbocycles. The lowest BCUT2D eigenvalue weighted by atomic mass is 10.0. The fourth-order valence-corrected chi connectivity index (χ4v) is 2.50. The van der Waals surface area contributed by atoms with Crippen molar-refractivity contribution in [3.8, 4) is 5.75 Å². The van der Waals surface area contributed by atoms with E-state index in [4.69, 9.17) is 11.6 Å². The van der Waals surface area contributed by atoms with E-state index in [1.165, 1.54) is 12.4 Å². The van der Waals surface area contributed by atoms with E-state index in [9.17, 15) is 9.90 Å². The minimum Gasteiger partial charge on any atom is -0.506 e. The van der Waals surface area contributed by atoms with Crippen LogP contribution in [0.25, 0.3) is 10.8 Å². The second-order valence-electron chi connectivity index (χ2n) is 4.78. The van der Waals surface area contributed by atoms with Crippen LogP contribution in [0.3, 0.4) is 0 Å². The number of hydrogen-bond acceptors (Lipinski definition) is 4. The molecule has 112 valence electrons. The maximum absolute atomic E-state index is 12.3. The zero-order valence-corrected chi connectivity index (χ0v) is 12.5. The Kier molecular flexibility index (Phi) is 3.68. The van der Waals surface area contributed by atoms with E-state index in [1.807, 2.05) is 6.07 Å². The van der Waals surface area contributed by atoms with Gasteiger partial charge >= 0.3 is 0 Å². The molecule has 0 aliphatic heterocycles. The van der Waals surface area contributed by atoms with Gasteiger partial charge in [0.05, 0.1) is 12.1 Å². The second-order valence-corrected chi connectivity index (χ2v) is 5.19. The third-order valence-electron chi connectivity index (χ3n) is 3.42. The van der Waals surface area contributed by atoms with Crippen molar-refractivity contribution < 1.29 is 9.90 Å². The van der Waals surface area contributed by atoms with E-state index < -0.39 is 5.91 Å². The summed E-state index contributed by atoms with van der Waals surface area (Å²) in [6, 6.07) is 8.57. The Morgan fingerprint density at radius 3 is 2.77 bits per heavy atom. The molecule has 0 atom stereocenters. The van der Waals surface area contributed by atoms with Crippen LogP contribution in [-0.4, -0.2) is 25.8 Å². The number of phenols is 1. The van der Waals surface area contributed by atoms with Gasteiger partial charge in [-0.25, -0.2) is 4.98 Å². The van der Waals surface area contributed by atoms with Crippen molar-refractivity contribution in [2.45, 2.75) is 6.54 Å². The molecule has 0 saturated carbocycles. The van der Waals surface area contributed by atoms with Gasteiger partial charge in [0, 0.05) is 22.8 Å². The lowest BCUT2D eigenvalue weighted by Gasteiger charge is -2.10. The maximum Gasteiger partial charge on any atom is 0.255 e. The quantitative estimate of drug-likeness (QED) is 0.776. The fraction of sp³-hybridized carbons (Fsp3) is 0.133. The number of hydrogen-bond donors (Lipinski definition) is 2. The summed E-state index contributed by atoms with van der Waals surface area (Å²) in [6.07, 6.45) is 1.41. The van der Waals surface area contributed by atoms with Crippen LogP contribution in [0.1, 0.15) is 16.2 Å². The second kappa shape index (κ2) is 5.65. The van der Waals surface area contributed by atoms with Gasteiger partial charge in [0.15, 0.2) is 0 Å². The highest BCUT2D eigenvalue weighted by Gasteiger charge is 2.16. The van der Waals surface area contributed by atoms with Gasteiger partial charge in [-0.2, -0.15) is 5.10 Å². The number of amides is 1. The van der Waals surface area contributed by atoms with Crippen molar-refractivity contribution in [2.75, 3.05) is 0 Å². The number of nitrogens with one attached hydrogen (secondary N) is 1. The maximum atomic E-state index is 12.3. The van der Waals surface area contributed by atoms with E-state index in [-0.39, 0.29) is 17.9 Å². The molecule has 2 N–H and O–H groups in total. The van der Waals surface area contributed by atoms with Crippen LogP contribution in [0.15, 0.2) is 36.7 Å². The van der Waals surface area contributed by atoms with Gasteiger partial charge in [0.25, 0.3) is 5.91 Å². The molecule has 3 rings (SSSR count). The van der Waals surface area contributed by atoms with Gasteiger partial charge in [0.2, 0.25) is 0 Å². The monoisotopic (exact) mass is 316 g/mol. The van der Waals surface area contributed by atoms with Gasteiger partial charge in [-0.05, 0) is 6.07 Å². The number of nitrogens with zero attached hydrogens (tertiary/aromatic N) is 3. The molecule has 22 heavy (non-hydrogen) atoms. The summed E-state index contributed by atoms with van der Waals surface area (Å²) in [6.45, 7) is 0.208. The predicted molar refractivity (Wildman–Crippen MR) is 82.8 cm³/mol. The van der Waals surface area contributed by atoms with Gasteiger partial charge in [-0.15, -0.1) is 0 Å². The summed E-state index contributed by atoms with van der Waals surface area (Å²) >= 11 is 6.19. The van der Waals surface area contributed by atoms with Crippen LogP contribution in [0.4, 0.5) is 0 Å². The van der Waals surface area contributed by atoms with Crippen LogP contribution in [0, 0.1) is 0 Å². The molecular weight excluding hydrogens is 304 g/mol. The van der Waals surface area contributed by atoms with Crippen molar-refractivity contribution in [1.82, 2.24) is 20.1 Å². The Hall–Kier alpha value is -2.60. The highest BCUT2D eigenvalue weighted by molar-refractivity contribution is 6.36. The third kappa shape index (κ3) is 2.48. The van der Waals surface area contributed by atoms with E-state index in [2.05, 4.69) is 15.4 Å². The molecule has 0 bridgehead atoms. The normalized spacial score (nSPS) is 10.8. The fourth-order valence-electron chi connectivity index (χ4n) is 2.22. The molecule has 1 amide bonds. The largest absolute Gasteiger partial charge is 0.506 e. The zero-order valence-electron chi connectivity index (χ0n) is 11.7. The van der Waals surface area contributed by atoms with Crippen molar-refractivity contribution in [2.24, 2.45) is 7.05 Å². The van der Waals surface area contributed by atoms with Crippen LogP contribution < -0.4 is 5.32 Å². The third-order valence-corrected chi connectivity index (χ3v) is 3.74. The summed E-state index contributed by atoms with van der Waals surface area (Å²) in [5.74, 6) is 0.100. The molecule has 0 saturated heterocycles. The highest BCUT2D eigenvalue weighted by atomic mass is 35.5. The molecule has 0 fully saturated rings. The molecule has 6 nitrogen and oxygen atoms in total. The molecule has 0 radical (unpaired) electrons. The minimum absolute atomic E-state index is 0.0875. The summed E-state index contributed by atoms with van der Waals surface area (Å²) < 4.78 is 1.56. The van der Waals surface area contributed by atoms with Gasteiger partial charge in [-0.3, -0.25) is 9.48 Å². The Morgan fingerprint density at radius 1 is 1.36 bits per heavy atom. The van der Waals surface area contributed by atoms with Crippen LogP contribution in [0.5, 0.6) is 5.75 Å². The lowest BCUT2D eigenvalue weighted by Crippen LogP contribution is -2.24. The summed E-state index contributed by atoms with van der Waals surface area (Å²) in [5, 5.41) is 18.6. The molecule has 3 aromatic rings. The van der Waals surface area contributed by atoms with Crippen molar-refractivity contribution in [3.63, 3.8) is 0 Å². The zero-order chi connectivity index (χ0) is 15.7. The summed E-state index contributed by atoms with van der Waals surface area (Å²) in [7, 11) is 1.73. The minimum atomic E-state index is -0.423. The molecule has 2 aromatic carbocycles. The number of fused-ring (bicyclic) bond motifs is 1. The predicted octanol–water partition coefficient (Wildman–Crippen LogP) is 2.26. The van der Waals surface area contributed by atoms with E-state index in [0.717, 1.165) is 0 Å². The Labute approximate surface area is 131 Å². The van der Waals surface area contributed by atoms with Crippen molar-refractivity contribution in [3.05, 3.63) is 53.1 Å². The molecule has 7 heteroatoms. The van der Waals surface area contributed by atoms with E-state index >= 15 is 0 Å².